The maximum Gasteiger partial charge on any atom is 0.154 e. The Balaban J connectivity index is 3.31. The molecule has 0 fully saturated rings. The van der Waals surface area contributed by atoms with E-state index in [1.54, 1.807) is 12.1 Å². The first-order valence-corrected chi connectivity index (χ1v) is 6.14. The van der Waals surface area contributed by atoms with Crippen molar-refractivity contribution in [2.75, 3.05) is 5.88 Å². The first-order valence-electron chi connectivity index (χ1n) is 4.81. The van der Waals surface area contributed by atoms with Crippen molar-refractivity contribution in [3.8, 4) is 6.07 Å². The average molecular weight is 301 g/mol. The third kappa shape index (κ3) is 2.45. The van der Waals surface area contributed by atoms with Crippen LogP contribution in [-0.4, -0.2) is 11.7 Å². The van der Waals surface area contributed by atoms with Crippen LogP contribution in [0.1, 0.15) is 18.9 Å². The third-order valence-electron chi connectivity index (χ3n) is 2.58. The Morgan fingerprint density at radius 2 is 2.31 bits per heavy atom. The van der Waals surface area contributed by atoms with Crippen molar-refractivity contribution in [3.63, 3.8) is 0 Å². The summed E-state index contributed by atoms with van der Waals surface area (Å²) in [5.74, 6) is 0.105. The maximum atomic E-state index is 11.7. The quantitative estimate of drug-likeness (QED) is 0.799. The zero-order valence-corrected chi connectivity index (χ0v) is 11.2. The van der Waals surface area contributed by atoms with E-state index in [-0.39, 0.29) is 11.7 Å². The number of rotatable bonds is 4. The molecule has 0 aliphatic heterocycles. The van der Waals surface area contributed by atoms with Crippen LogP contribution in [0.5, 0.6) is 0 Å². The predicted octanol–water partition coefficient (Wildman–Crippen LogP) is 3.43. The second-order valence-electron chi connectivity index (χ2n) is 3.52. The van der Waals surface area contributed by atoms with Crippen molar-refractivity contribution in [2.24, 2.45) is 0 Å². The van der Waals surface area contributed by atoms with Gasteiger partial charge >= 0.3 is 0 Å². The van der Waals surface area contributed by atoms with Gasteiger partial charge in [0.1, 0.15) is 5.41 Å². The van der Waals surface area contributed by atoms with Crippen molar-refractivity contribution >= 4 is 33.3 Å². The number of hydrogen-bond donors (Lipinski definition) is 0. The molecule has 0 aliphatic rings. The lowest BCUT2D eigenvalue weighted by Gasteiger charge is -2.23. The molecule has 0 radical (unpaired) electrons. The van der Waals surface area contributed by atoms with E-state index >= 15 is 0 Å². The molecule has 0 aromatic heterocycles. The Morgan fingerprint density at radius 1 is 1.62 bits per heavy atom. The molecule has 0 spiro atoms. The van der Waals surface area contributed by atoms with Gasteiger partial charge in [0.2, 0.25) is 0 Å². The maximum absolute atomic E-state index is 11.7. The van der Waals surface area contributed by atoms with E-state index in [4.69, 9.17) is 11.6 Å². The smallest absolute Gasteiger partial charge is 0.154 e. The van der Waals surface area contributed by atoms with Crippen LogP contribution < -0.4 is 0 Å². The summed E-state index contributed by atoms with van der Waals surface area (Å²) in [5.41, 5.74) is -0.427. The van der Waals surface area contributed by atoms with E-state index in [2.05, 4.69) is 22.0 Å². The molecule has 1 unspecified atom stereocenters. The monoisotopic (exact) mass is 299 g/mol. The number of carbonyl (C=O) groups excluding carboxylic acids is 1. The molecule has 0 N–H and O–H groups in total. The summed E-state index contributed by atoms with van der Waals surface area (Å²) in [5, 5.41) is 9.28. The first-order chi connectivity index (χ1) is 7.56. The molecule has 0 saturated heterocycles. The topological polar surface area (TPSA) is 40.9 Å². The van der Waals surface area contributed by atoms with E-state index < -0.39 is 5.41 Å². The summed E-state index contributed by atoms with van der Waals surface area (Å²) in [7, 11) is 0. The fourth-order valence-electron chi connectivity index (χ4n) is 1.62. The highest BCUT2D eigenvalue weighted by atomic mass is 79.9. The fourth-order valence-corrected chi connectivity index (χ4v) is 2.30. The third-order valence-corrected chi connectivity index (χ3v) is 3.26. The van der Waals surface area contributed by atoms with Crippen molar-refractivity contribution in [3.05, 3.63) is 34.3 Å². The van der Waals surface area contributed by atoms with E-state index in [0.29, 0.717) is 12.0 Å². The predicted molar refractivity (Wildman–Crippen MR) is 67.5 cm³/mol. The second-order valence-corrected chi connectivity index (χ2v) is 4.82. The summed E-state index contributed by atoms with van der Waals surface area (Å²) in [4.78, 5) is 11.7. The van der Waals surface area contributed by atoms with Gasteiger partial charge in [-0.15, -0.1) is 11.6 Å². The molecule has 1 aromatic carbocycles. The van der Waals surface area contributed by atoms with Gasteiger partial charge in [-0.2, -0.15) is 5.26 Å². The van der Waals surface area contributed by atoms with Crippen LogP contribution in [0.25, 0.3) is 0 Å². The largest absolute Gasteiger partial charge is 0.298 e. The molecule has 0 heterocycles. The van der Waals surface area contributed by atoms with Crippen LogP contribution in [0.2, 0.25) is 0 Å². The van der Waals surface area contributed by atoms with Crippen molar-refractivity contribution in [2.45, 2.75) is 18.8 Å². The molecule has 4 heteroatoms. The van der Waals surface area contributed by atoms with Crippen LogP contribution >= 0.6 is 27.5 Å². The molecule has 16 heavy (non-hydrogen) atoms. The van der Waals surface area contributed by atoms with Gasteiger partial charge in [0.15, 0.2) is 5.78 Å². The molecule has 0 bridgehead atoms. The molecular formula is C12H11BrClNO. The van der Waals surface area contributed by atoms with Gasteiger partial charge in [0, 0.05) is 10.4 Å². The van der Waals surface area contributed by atoms with Gasteiger partial charge in [-0.3, -0.25) is 4.79 Å². The molecule has 0 amide bonds. The summed E-state index contributed by atoms with van der Waals surface area (Å²) in [6.07, 6.45) is 0.330. The Bertz CT molecular complexity index is 441. The number of carbonyl (C=O) groups is 1. The summed E-state index contributed by atoms with van der Waals surface area (Å²) >= 11 is 9.01. The first kappa shape index (κ1) is 13.2. The molecule has 84 valence electrons. The summed E-state index contributed by atoms with van der Waals surface area (Å²) in [6, 6.07) is 9.34. The Morgan fingerprint density at radius 3 is 2.75 bits per heavy atom. The number of alkyl halides is 1. The van der Waals surface area contributed by atoms with E-state index in [9.17, 15) is 10.1 Å². The lowest BCUT2D eigenvalue weighted by Crippen LogP contribution is -2.33. The van der Waals surface area contributed by atoms with Crippen LogP contribution in [0.4, 0.5) is 0 Å². The summed E-state index contributed by atoms with van der Waals surface area (Å²) in [6.45, 7) is 1.43. The molecular weight excluding hydrogens is 289 g/mol. The zero-order chi connectivity index (χ0) is 12.2. The van der Waals surface area contributed by atoms with Crippen molar-refractivity contribution in [1.82, 2.24) is 0 Å². The van der Waals surface area contributed by atoms with Crippen LogP contribution in [0.3, 0.4) is 0 Å². The number of nitrogens with zero attached hydrogens (tertiary/aromatic N) is 1. The molecule has 1 atom stereocenters. The fraction of sp³-hybridized carbons (Fsp3) is 0.333. The van der Waals surface area contributed by atoms with E-state index in [1.165, 1.54) is 6.92 Å². The van der Waals surface area contributed by atoms with Gasteiger partial charge in [-0.1, -0.05) is 28.1 Å². The Hall–Kier alpha value is -0.850. The zero-order valence-electron chi connectivity index (χ0n) is 8.84. The number of benzene rings is 1. The molecule has 2 nitrogen and oxygen atoms in total. The molecule has 1 aromatic rings. The Labute approximate surface area is 108 Å². The highest BCUT2D eigenvalue weighted by Crippen LogP contribution is 2.30. The second kappa shape index (κ2) is 5.47. The number of halogens is 2. The molecule has 0 saturated carbocycles. The number of hydrogen-bond acceptors (Lipinski definition) is 2. The van der Waals surface area contributed by atoms with Crippen LogP contribution in [0, 0.1) is 11.3 Å². The summed E-state index contributed by atoms with van der Waals surface area (Å²) < 4.78 is 0.848. The number of nitriles is 1. The average Bonchev–Trinajstić information content (AvgIpc) is 2.25. The van der Waals surface area contributed by atoms with Crippen molar-refractivity contribution < 1.29 is 4.79 Å². The van der Waals surface area contributed by atoms with E-state index in [0.717, 1.165) is 4.47 Å². The SMILES string of the molecule is CC(=O)C(C#N)(CCCl)c1cccc(Br)c1. The van der Waals surface area contributed by atoms with Crippen LogP contribution in [-0.2, 0) is 10.2 Å². The highest BCUT2D eigenvalue weighted by Gasteiger charge is 2.37. The van der Waals surface area contributed by atoms with Gasteiger partial charge in [0.25, 0.3) is 0 Å². The van der Waals surface area contributed by atoms with Gasteiger partial charge in [0.05, 0.1) is 6.07 Å². The van der Waals surface area contributed by atoms with Gasteiger partial charge in [-0.05, 0) is 31.0 Å². The number of Topliss-reactive ketones (excluding diaryl/α,β-unsaturated/α-hetero) is 1. The molecule has 0 aliphatic carbocycles. The minimum Gasteiger partial charge on any atom is -0.298 e. The van der Waals surface area contributed by atoms with Gasteiger partial charge in [-0.25, -0.2) is 0 Å². The van der Waals surface area contributed by atoms with Crippen molar-refractivity contribution in [1.29, 1.82) is 5.26 Å². The minimum absolute atomic E-state index is 0.172. The molecule has 1 rings (SSSR count). The standard InChI is InChI=1S/C12H11BrClNO/c1-9(16)12(8-15,5-6-14)10-3-2-4-11(13)7-10/h2-4,7H,5-6H2,1H3. The minimum atomic E-state index is -1.12. The lowest BCUT2D eigenvalue weighted by atomic mass is 9.76. The normalized spacial score (nSPS) is 13.9. The number of ketones is 1. The van der Waals surface area contributed by atoms with E-state index in [1.807, 2.05) is 12.1 Å². The van der Waals surface area contributed by atoms with Crippen LogP contribution in [0.15, 0.2) is 28.7 Å². The van der Waals surface area contributed by atoms with Gasteiger partial charge < -0.3 is 0 Å². The Kier molecular flexibility index (Phi) is 4.52. The highest BCUT2D eigenvalue weighted by molar-refractivity contribution is 9.10. The lowest BCUT2D eigenvalue weighted by molar-refractivity contribution is -0.120.